The van der Waals surface area contributed by atoms with E-state index in [4.69, 9.17) is 19.2 Å². The van der Waals surface area contributed by atoms with Crippen LogP contribution in [0.4, 0.5) is 5.82 Å². The van der Waals surface area contributed by atoms with Gasteiger partial charge in [-0.25, -0.2) is 9.50 Å². The maximum Gasteiger partial charge on any atom is 0.203 e. The van der Waals surface area contributed by atoms with Crippen molar-refractivity contribution in [2.45, 2.75) is 12.8 Å². The lowest BCUT2D eigenvalue weighted by Gasteiger charge is -2.23. The minimum atomic E-state index is 0.485. The van der Waals surface area contributed by atoms with E-state index in [0.29, 0.717) is 40.1 Å². The average Bonchev–Trinajstić information content (AvgIpc) is 3.36. The summed E-state index contributed by atoms with van der Waals surface area (Å²) in [5.41, 5.74) is 2.58. The van der Waals surface area contributed by atoms with Crippen LogP contribution < -0.4 is 24.8 Å². The van der Waals surface area contributed by atoms with Crippen molar-refractivity contribution in [1.29, 1.82) is 5.26 Å². The van der Waals surface area contributed by atoms with Gasteiger partial charge >= 0.3 is 0 Å². The quantitative estimate of drug-likeness (QED) is 0.549. The molecule has 1 fully saturated rings. The van der Waals surface area contributed by atoms with E-state index in [9.17, 15) is 5.26 Å². The molecular weight excluding hydrogens is 384 g/mol. The van der Waals surface area contributed by atoms with Crippen LogP contribution in [0.5, 0.6) is 17.2 Å². The average molecular weight is 410 g/mol. The van der Waals surface area contributed by atoms with E-state index in [-0.39, 0.29) is 0 Å². The highest BCUT2D eigenvalue weighted by Gasteiger charge is 2.23. The Morgan fingerprint density at radius 1 is 1.17 bits per heavy atom. The number of H-pyrrole nitrogens is 1. The number of nitriles is 1. The van der Waals surface area contributed by atoms with Gasteiger partial charge in [0.15, 0.2) is 23.0 Å². The molecule has 0 radical (unpaired) electrons. The summed E-state index contributed by atoms with van der Waals surface area (Å²) in [4.78, 5) is 4.77. The maximum atomic E-state index is 9.45. The van der Waals surface area contributed by atoms with Gasteiger partial charge < -0.3 is 24.8 Å². The van der Waals surface area contributed by atoms with Gasteiger partial charge in [-0.05, 0) is 44.0 Å². The molecule has 3 N–H and O–H groups in total. The van der Waals surface area contributed by atoms with Gasteiger partial charge in [0, 0.05) is 18.3 Å². The molecule has 0 aliphatic carbocycles. The van der Waals surface area contributed by atoms with Crippen LogP contribution in [0.1, 0.15) is 18.4 Å². The van der Waals surface area contributed by atoms with Crippen molar-refractivity contribution >= 4 is 11.5 Å². The Morgan fingerprint density at radius 3 is 2.47 bits per heavy atom. The predicted molar refractivity (Wildman–Crippen MR) is 113 cm³/mol. The van der Waals surface area contributed by atoms with Crippen molar-refractivity contribution in [3.05, 3.63) is 23.9 Å². The van der Waals surface area contributed by atoms with Crippen molar-refractivity contribution in [3.63, 3.8) is 0 Å². The normalized spacial score (nSPS) is 14.5. The molecular formula is C21H26N6O3. The number of piperidine rings is 1. The second-order valence-corrected chi connectivity index (χ2v) is 7.26. The number of benzene rings is 1. The summed E-state index contributed by atoms with van der Waals surface area (Å²) in [5, 5.41) is 19.5. The SMILES string of the molecule is COc1cc(-c2nc3c(C#N)c[nH]n3c2NCC2CCNCC2)cc(OC)c1OC. The predicted octanol–water partition coefficient (Wildman–Crippen LogP) is 2.64. The number of hydrogen-bond donors (Lipinski definition) is 3. The summed E-state index contributed by atoms with van der Waals surface area (Å²) in [6, 6.07) is 5.92. The van der Waals surface area contributed by atoms with Gasteiger partial charge in [-0.1, -0.05) is 0 Å². The summed E-state index contributed by atoms with van der Waals surface area (Å²) in [5.74, 6) is 3.01. The second-order valence-electron chi connectivity index (χ2n) is 7.26. The van der Waals surface area contributed by atoms with Crippen molar-refractivity contribution in [3.8, 4) is 34.6 Å². The highest BCUT2D eigenvalue weighted by atomic mass is 16.5. The molecule has 1 aromatic carbocycles. The molecule has 0 spiro atoms. The van der Waals surface area contributed by atoms with E-state index in [1.54, 1.807) is 27.5 Å². The van der Waals surface area contributed by atoms with Crippen LogP contribution in [0.3, 0.4) is 0 Å². The van der Waals surface area contributed by atoms with E-state index in [0.717, 1.165) is 43.9 Å². The van der Waals surface area contributed by atoms with Gasteiger partial charge in [0.2, 0.25) is 5.75 Å². The molecule has 1 aliphatic heterocycles. The lowest BCUT2D eigenvalue weighted by molar-refractivity contribution is 0.324. The standard InChI is InChI=1S/C21H26N6O3/c1-28-16-8-14(9-17(29-2)19(16)30-3)18-21(24-11-13-4-6-23-7-5-13)27-20(26-18)15(10-22)12-25-27/h8-9,12-13,23-25H,4-7,11H2,1-3H3. The van der Waals surface area contributed by atoms with Crippen LogP contribution in [0.15, 0.2) is 18.3 Å². The van der Waals surface area contributed by atoms with Crippen LogP contribution in [-0.4, -0.2) is 55.6 Å². The third-order valence-corrected chi connectivity index (χ3v) is 5.53. The number of methoxy groups -OCH3 is 3. The Kier molecular flexibility index (Phi) is 5.68. The van der Waals surface area contributed by atoms with Gasteiger partial charge in [0.1, 0.15) is 17.3 Å². The number of imidazole rings is 1. The van der Waals surface area contributed by atoms with Crippen molar-refractivity contribution in [2.24, 2.45) is 5.92 Å². The van der Waals surface area contributed by atoms with Gasteiger partial charge in [-0.15, -0.1) is 0 Å². The minimum absolute atomic E-state index is 0.485. The summed E-state index contributed by atoms with van der Waals surface area (Å²) < 4.78 is 18.3. The zero-order valence-corrected chi connectivity index (χ0v) is 17.4. The molecule has 158 valence electrons. The number of fused-ring (bicyclic) bond motifs is 1. The third kappa shape index (κ3) is 3.50. The fourth-order valence-electron chi connectivity index (χ4n) is 3.91. The highest BCUT2D eigenvalue weighted by Crippen LogP contribution is 2.42. The Bertz CT molecular complexity index is 1050. The number of nitrogens with zero attached hydrogens (tertiary/aromatic N) is 3. The first-order valence-electron chi connectivity index (χ1n) is 9.95. The van der Waals surface area contributed by atoms with Crippen LogP contribution >= 0.6 is 0 Å². The minimum Gasteiger partial charge on any atom is -0.493 e. The van der Waals surface area contributed by atoms with Gasteiger partial charge in [-0.3, -0.25) is 5.10 Å². The molecule has 4 rings (SSSR count). The number of aromatic nitrogens is 3. The number of aromatic amines is 1. The van der Waals surface area contributed by atoms with E-state index in [2.05, 4.69) is 21.8 Å². The van der Waals surface area contributed by atoms with E-state index < -0.39 is 0 Å². The molecule has 1 saturated heterocycles. The van der Waals surface area contributed by atoms with Crippen LogP contribution in [0.25, 0.3) is 16.9 Å². The van der Waals surface area contributed by atoms with E-state index >= 15 is 0 Å². The number of ether oxygens (including phenoxy) is 3. The number of hydrogen-bond acceptors (Lipinski definition) is 7. The monoisotopic (exact) mass is 410 g/mol. The summed E-state index contributed by atoms with van der Waals surface area (Å²) in [6.45, 7) is 2.90. The lowest BCUT2D eigenvalue weighted by atomic mass is 9.98. The molecule has 0 unspecified atom stereocenters. The zero-order chi connectivity index (χ0) is 21.1. The Labute approximate surface area is 174 Å². The fourth-order valence-corrected chi connectivity index (χ4v) is 3.91. The number of anilines is 1. The molecule has 9 heteroatoms. The van der Waals surface area contributed by atoms with E-state index in [1.165, 1.54) is 0 Å². The zero-order valence-electron chi connectivity index (χ0n) is 17.4. The van der Waals surface area contributed by atoms with Crippen LogP contribution in [0.2, 0.25) is 0 Å². The Hall–Kier alpha value is -3.38. The first-order valence-corrected chi connectivity index (χ1v) is 9.95. The molecule has 1 aliphatic rings. The molecule has 30 heavy (non-hydrogen) atoms. The summed E-state index contributed by atoms with van der Waals surface area (Å²) >= 11 is 0. The lowest BCUT2D eigenvalue weighted by Crippen LogP contribution is -2.31. The summed E-state index contributed by atoms with van der Waals surface area (Å²) in [6.07, 6.45) is 3.92. The second kappa shape index (κ2) is 8.55. The first-order chi connectivity index (χ1) is 14.7. The highest BCUT2D eigenvalue weighted by molar-refractivity contribution is 5.80. The summed E-state index contributed by atoms with van der Waals surface area (Å²) in [7, 11) is 4.75. The molecule has 2 aromatic heterocycles. The molecule has 0 atom stereocenters. The molecule has 9 nitrogen and oxygen atoms in total. The van der Waals surface area contributed by atoms with Crippen LogP contribution in [0, 0.1) is 17.2 Å². The molecule has 0 bridgehead atoms. The van der Waals surface area contributed by atoms with Crippen molar-refractivity contribution < 1.29 is 14.2 Å². The number of nitrogens with one attached hydrogen (secondary N) is 3. The Balaban J connectivity index is 1.79. The smallest absolute Gasteiger partial charge is 0.203 e. The first kappa shape index (κ1) is 19.9. The van der Waals surface area contributed by atoms with Crippen LogP contribution in [-0.2, 0) is 0 Å². The Morgan fingerprint density at radius 2 is 1.87 bits per heavy atom. The molecule has 3 heterocycles. The molecule has 3 aromatic rings. The van der Waals surface area contributed by atoms with Gasteiger partial charge in [-0.2, -0.15) is 5.26 Å². The topological polar surface area (TPSA) is 109 Å². The van der Waals surface area contributed by atoms with E-state index in [1.807, 2.05) is 16.6 Å². The number of rotatable bonds is 7. The third-order valence-electron chi connectivity index (χ3n) is 5.53. The van der Waals surface area contributed by atoms with Crippen molar-refractivity contribution in [2.75, 3.05) is 46.3 Å². The van der Waals surface area contributed by atoms with Gasteiger partial charge in [0.25, 0.3) is 0 Å². The molecule has 0 saturated carbocycles. The maximum absolute atomic E-state index is 9.45. The van der Waals surface area contributed by atoms with Gasteiger partial charge in [0.05, 0.1) is 21.3 Å². The molecule has 0 amide bonds. The largest absolute Gasteiger partial charge is 0.493 e. The fraction of sp³-hybridized carbons (Fsp3) is 0.429. The van der Waals surface area contributed by atoms with Crippen molar-refractivity contribution in [1.82, 2.24) is 19.9 Å².